The molecule has 0 amide bonds. The summed E-state index contributed by atoms with van der Waals surface area (Å²) in [4.78, 5) is 18.3. The molecule has 4 heteroatoms. The third-order valence-corrected chi connectivity index (χ3v) is 7.71. The zero-order valence-corrected chi connectivity index (χ0v) is 23.0. The van der Waals surface area contributed by atoms with Crippen LogP contribution in [0.1, 0.15) is 51.2 Å². The molecule has 1 fully saturated rings. The minimum absolute atomic E-state index is 0.0884. The Morgan fingerprint density at radius 3 is 2.24 bits per heavy atom. The van der Waals surface area contributed by atoms with Crippen molar-refractivity contribution in [2.24, 2.45) is 0 Å². The summed E-state index contributed by atoms with van der Waals surface area (Å²) in [6, 6.07) is 27.9. The maximum Gasteiger partial charge on any atom is 0.316 e. The Kier molecular flexibility index (Phi) is 9.04. The van der Waals surface area contributed by atoms with E-state index in [-0.39, 0.29) is 12.1 Å². The van der Waals surface area contributed by atoms with Gasteiger partial charge in [0, 0.05) is 31.9 Å². The number of anilines is 1. The minimum atomic E-state index is -0.580. The van der Waals surface area contributed by atoms with Gasteiger partial charge in [-0.2, -0.15) is 0 Å². The molecule has 0 aliphatic carbocycles. The number of hydrogen-bond donors (Lipinski definition) is 0. The summed E-state index contributed by atoms with van der Waals surface area (Å²) in [7, 11) is 0. The fourth-order valence-electron chi connectivity index (χ4n) is 5.44. The van der Waals surface area contributed by atoms with Gasteiger partial charge >= 0.3 is 5.97 Å². The molecule has 4 nitrogen and oxygen atoms in total. The number of hydrogen-bond acceptors (Lipinski definition) is 4. The summed E-state index contributed by atoms with van der Waals surface area (Å²) in [6.07, 6.45) is 2.41. The van der Waals surface area contributed by atoms with E-state index in [4.69, 9.17) is 4.74 Å². The maximum atomic E-state index is 13.3. The van der Waals surface area contributed by atoms with Gasteiger partial charge in [0.1, 0.15) is 0 Å². The van der Waals surface area contributed by atoms with Crippen LogP contribution in [0, 0.1) is 6.92 Å². The number of esters is 1. The quantitative estimate of drug-likeness (QED) is 0.286. The molecule has 3 aromatic rings. The first kappa shape index (κ1) is 26.9. The highest BCUT2D eigenvalue weighted by molar-refractivity contribution is 5.83. The molecule has 1 heterocycles. The third kappa shape index (κ3) is 6.61. The molecule has 0 aromatic heterocycles. The minimum Gasteiger partial charge on any atom is -0.462 e. The van der Waals surface area contributed by atoms with E-state index in [0.29, 0.717) is 0 Å². The van der Waals surface area contributed by atoms with Crippen LogP contribution in [0.4, 0.5) is 5.69 Å². The molecule has 0 N–H and O–H groups in total. The molecule has 0 radical (unpaired) electrons. The predicted molar refractivity (Wildman–Crippen MR) is 154 cm³/mol. The van der Waals surface area contributed by atoms with Gasteiger partial charge in [-0.1, -0.05) is 79.2 Å². The van der Waals surface area contributed by atoms with E-state index in [0.717, 1.165) is 57.5 Å². The van der Waals surface area contributed by atoms with Crippen molar-refractivity contribution in [1.29, 1.82) is 0 Å². The van der Waals surface area contributed by atoms with E-state index in [1.165, 1.54) is 22.4 Å². The Balaban J connectivity index is 1.35. The number of carbonyl (C=O) groups excluding carboxylic acids is 1. The number of ether oxygens (including phenoxy) is 1. The number of carbonyl (C=O) groups is 1. The highest BCUT2D eigenvalue weighted by Gasteiger charge is 2.40. The monoisotopic (exact) mass is 498 g/mol. The van der Waals surface area contributed by atoms with Crippen molar-refractivity contribution in [3.05, 3.63) is 90.0 Å². The zero-order valence-electron chi connectivity index (χ0n) is 23.0. The summed E-state index contributed by atoms with van der Waals surface area (Å²) < 4.78 is 5.75. The first-order chi connectivity index (χ1) is 17.9. The van der Waals surface area contributed by atoms with E-state index in [2.05, 4.69) is 84.3 Å². The van der Waals surface area contributed by atoms with Crippen LogP contribution in [0.15, 0.2) is 78.9 Å². The lowest BCUT2D eigenvalue weighted by Gasteiger charge is -2.37. The second-order valence-electron chi connectivity index (χ2n) is 10.6. The largest absolute Gasteiger partial charge is 0.462 e. The average Bonchev–Trinajstić information content (AvgIpc) is 2.92. The van der Waals surface area contributed by atoms with Crippen molar-refractivity contribution in [3.8, 4) is 11.1 Å². The SMILES string of the molecule is CCC(CCCN1CCN(c2cccc(-c3ccc(C)cc3)c2)CC1)(C(=O)OC(C)C)c1ccccc1. The first-order valence-corrected chi connectivity index (χ1v) is 13.8. The van der Waals surface area contributed by atoms with Crippen LogP contribution in [-0.4, -0.2) is 49.7 Å². The van der Waals surface area contributed by atoms with Gasteiger partial charge in [0.05, 0.1) is 11.5 Å². The van der Waals surface area contributed by atoms with Crippen LogP contribution in [0.5, 0.6) is 0 Å². The second-order valence-corrected chi connectivity index (χ2v) is 10.6. The van der Waals surface area contributed by atoms with E-state index in [1.54, 1.807) is 0 Å². The number of piperazine rings is 1. The fourth-order valence-corrected chi connectivity index (χ4v) is 5.44. The fraction of sp³-hybridized carbons (Fsp3) is 0.424. The molecule has 3 aromatic carbocycles. The van der Waals surface area contributed by atoms with Gasteiger partial charge in [0.2, 0.25) is 0 Å². The van der Waals surface area contributed by atoms with Gasteiger partial charge < -0.3 is 9.64 Å². The molecule has 1 aliphatic rings. The van der Waals surface area contributed by atoms with Gasteiger partial charge in [-0.05, 0) is 75.4 Å². The standard InChI is InChI=1S/C33H42N2O2/c1-5-33(32(36)37-26(2)3,30-12-7-6-8-13-30)19-10-20-34-21-23-35(24-22-34)31-14-9-11-29(25-31)28-17-15-27(4)16-18-28/h6-9,11-18,25-26H,5,10,19-24H2,1-4H3. The van der Waals surface area contributed by atoms with Crippen molar-refractivity contribution in [1.82, 2.24) is 4.90 Å². The normalized spacial score (nSPS) is 16.0. The summed E-state index contributed by atoms with van der Waals surface area (Å²) in [6.45, 7) is 13.2. The Morgan fingerprint density at radius 2 is 1.59 bits per heavy atom. The molecule has 0 saturated carbocycles. The summed E-state index contributed by atoms with van der Waals surface area (Å²) in [5.41, 5.74) is 5.60. The third-order valence-electron chi connectivity index (χ3n) is 7.71. The Labute approximate surface area is 223 Å². The van der Waals surface area contributed by atoms with Crippen molar-refractivity contribution >= 4 is 11.7 Å². The molecule has 37 heavy (non-hydrogen) atoms. The molecule has 1 unspecified atom stereocenters. The van der Waals surface area contributed by atoms with E-state index in [1.807, 2.05) is 32.0 Å². The smallest absolute Gasteiger partial charge is 0.316 e. The summed E-state index contributed by atoms with van der Waals surface area (Å²) in [5, 5.41) is 0. The van der Waals surface area contributed by atoms with Crippen LogP contribution in [0.25, 0.3) is 11.1 Å². The Hall–Kier alpha value is -3.11. The highest BCUT2D eigenvalue weighted by atomic mass is 16.5. The van der Waals surface area contributed by atoms with Crippen molar-refractivity contribution in [2.45, 2.75) is 58.5 Å². The summed E-state index contributed by atoms with van der Waals surface area (Å²) in [5.74, 6) is -0.0884. The topological polar surface area (TPSA) is 32.8 Å². The Bertz CT molecular complexity index is 1130. The van der Waals surface area contributed by atoms with E-state index in [9.17, 15) is 4.79 Å². The lowest BCUT2D eigenvalue weighted by atomic mass is 9.74. The number of aryl methyl sites for hydroxylation is 1. The first-order valence-electron chi connectivity index (χ1n) is 13.8. The van der Waals surface area contributed by atoms with Gasteiger partial charge in [-0.15, -0.1) is 0 Å². The number of benzene rings is 3. The molecular formula is C33H42N2O2. The molecular weight excluding hydrogens is 456 g/mol. The van der Waals surface area contributed by atoms with Crippen LogP contribution in [-0.2, 0) is 14.9 Å². The highest BCUT2D eigenvalue weighted by Crippen LogP contribution is 2.35. The maximum absolute atomic E-state index is 13.3. The predicted octanol–water partition coefficient (Wildman–Crippen LogP) is 6.86. The average molecular weight is 499 g/mol. The molecule has 1 aliphatic heterocycles. The second kappa shape index (κ2) is 12.4. The molecule has 0 bridgehead atoms. The number of rotatable bonds is 10. The Morgan fingerprint density at radius 1 is 0.892 bits per heavy atom. The van der Waals surface area contributed by atoms with Crippen molar-refractivity contribution in [2.75, 3.05) is 37.6 Å². The van der Waals surface area contributed by atoms with Gasteiger partial charge in [-0.3, -0.25) is 9.69 Å². The van der Waals surface area contributed by atoms with Gasteiger partial charge in [-0.25, -0.2) is 0 Å². The van der Waals surface area contributed by atoms with Crippen LogP contribution in [0.3, 0.4) is 0 Å². The lowest BCUT2D eigenvalue weighted by Crippen LogP contribution is -2.47. The lowest BCUT2D eigenvalue weighted by molar-refractivity contribution is -0.155. The van der Waals surface area contributed by atoms with E-state index < -0.39 is 5.41 Å². The van der Waals surface area contributed by atoms with Gasteiger partial charge in [0.15, 0.2) is 0 Å². The molecule has 0 spiro atoms. The van der Waals surface area contributed by atoms with Crippen molar-refractivity contribution in [3.63, 3.8) is 0 Å². The van der Waals surface area contributed by atoms with Crippen molar-refractivity contribution < 1.29 is 9.53 Å². The summed E-state index contributed by atoms with van der Waals surface area (Å²) >= 11 is 0. The van der Waals surface area contributed by atoms with Crippen LogP contribution in [0.2, 0.25) is 0 Å². The van der Waals surface area contributed by atoms with Crippen LogP contribution < -0.4 is 4.90 Å². The zero-order chi connectivity index (χ0) is 26.3. The molecule has 4 rings (SSSR count). The number of nitrogens with zero attached hydrogens (tertiary/aromatic N) is 2. The van der Waals surface area contributed by atoms with E-state index >= 15 is 0 Å². The molecule has 1 atom stereocenters. The molecule has 1 saturated heterocycles. The molecule has 196 valence electrons. The van der Waals surface area contributed by atoms with Gasteiger partial charge in [0.25, 0.3) is 0 Å². The van der Waals surface area contributed by atoms with Crippen LogP contribution >= 0.6 is 0 Å².